The smallest absolute Gasteiger partial charge is 0.305 e. The van der Waals surface area contributed by atoms with Crippen LogP contribution in [0.25, 0.3) is 10.8 Å². The Morgan fingerprint density at radius 2 is 1.65 bits per heavy atom. The minimum Gasteiger partial charge on any atom is -0.497 e. The van der Waals surface area contributed by atoms with Crippen LogP contribution in [0.1, 0.15) is 22.8 Å². The van der Waals surface area contributed by atoms with Gasteiger partial charge in [0.1, 0.15) is 5.75 Å². The Morgan fingerprint density at radius 3 is 2.43 bits per heavy atom. The second kappa shape index (κ2) is 12.3. The van der Waals surface area contributed by atoms with Crippen LogP contribution in [0.4, 0.5) is 11.4 Å². The first-order chi connectivity index (χ1) is 24.8. The Kier molecular flexibility index (Phi) is 7.69. The lowest BCUT2D eigenvalue weighted by Gasteiger charge is -2.43. The number of aromatic amines is 1. The summed E-state index contributed by atoms with van der Waals surface area (Å²) in [7, 11) is 3.13. The number of nitrogens with zero attached hydrogens (tertiary/aromatic N) is 1. The molecule has 2 N–H and O–H groups in total. The van der Waals surface area contributed by atoms with E-state index in [1.54, 1.807) is 56.3 Å². The lowest BCUT2D eigenvalue weighted by Crippen LogP contribution is -2.42. The molecule has 12 heteroatoms. The van der Waals surface area contributed by atoms with Crippen LogP contribution in [0.2, 0.25) is 0 Å². The van der Waals surface area contributed by atoms with Crippen molar-refractivity contribution in [3.05, 3.63) is 105 Å². The number of fused-ring (bicyclic) bond motifs is 10. The Bertz CT molecular complexity index is 2280. The number of thiazole rings is 1. The summed E-state index contributed by atoms with van der Waals surface area (Å²) in [5, 5.41) is 5.79. The highest BCUT2D eigenvalue weighted by Gasteiger charge is 2.69. The average molecular weight is 720 g/mol. The summed E-state index contributed by atoms with van der Waals surface area (Å²) >= 11 is 2.84. The quantitative estimate of drug-likeness (QED) is 0.179. The molecule has 51 heavy (non-hydrogen) atoms. The summed E-state index contributed by atoms with van der Waals surface area (Å²) in [6, 6.07) is 26.3. The van der Waals surface area contributed by atoms with E-state index in [2.05, 4.69) is 10.3 Å². The number of benzene rings is 4. The Labute approximate surface area is 301 Å². The predicted octanol–water partition coefficient (Wildman–Crippen LogP) is 6.30. The van der Waals surface area contributed by atoms with Crippen LogP contribution >= 0.6 is 23.1 Å². The van der Waals surface area contributed by atoms with Gasteiger partial charge < -0.3 is 24.5 Å². The third-order valence-electron chi connectivity index (χ3n) is 11.0. The van der Waals surface area contributed by atoms with Crippen LogP contribution in [0.15, 0.2) is 94.7 Å². The molecular weight excluding hydrogens is 687 g/mol. The molecular formula is C39H33N3O7S2. The molecule has 2 aliphatic heterocycles. The number of amides is 3. The first-order valence-corrected chi connectivity index (χ1v) is 18.5. The zero-order valence-electron chi connectivity index (χ0n) is 27.7. The number of rotatable bonds is 8. The SMILES string of the molecule is COc1ccc(N2C(=O)C3C(C2=O)[C@@H]2C[C@H]3C3Sc4[nH]c(=O)sc4[C@H](c4ccc(OCC(=O)Nc5cccc6ccccc56)c(OC)c4)C32)cc1. The fraction of sp³-hybridized carbons (Fsp3) is 0.282. The van der Waals surface area contributed by atoms with Gasteiger partial charge in [-0.2, -0.15) is 0 Å². The topological polar surface area (TPSA) is 127 Å². The van der Waals surface area contributed by atoms with Crippen LogP contribution in [-0.4, -0.2) is 48.8 Å². The van der Waals surface area contributed by atoms with E-state index in [4.69, 9.17) is 14.2 Å². The highest BCUT2D eigenvalue weighted by molar-refractivity contribution is 8.00. The summed E-state index contributed by atoms with van der Waals surface area (Å²) in [5.41, 5.74) is 2.19. The molecule has 2 aliphatic carbocycles. The molecule has 0 radical (unpaired) electrons. The number of methoxy groups -OCH3 is 2. The van der Waals surface area contributed by atoms with Crippen molar-refractivity contribution in [2.24, 2.45) is 29.6 Å². The van der Waals surface area contributed by atoms with Crippen molar-refractivity contribution in [1.82, 2.24) is 4.98 Å². The van der Waals surface area contributed by atoms with Crippen molar-refractivity contribution in [3.8, 4) is 17.2 Å². The van der Waals surface area contributed by atoms with Gasteiger partial charge in [0.05, 0.1) is 36.8 Å². The molecule has 5 aromatic rings. The van der Waals surface area contributed by atoms with Crippen LogP contribution in [0, 0.1) is 29.6 Å². The molecule has 1 aromatic heterocycles. The average Bonchev–Trinajstić information content (AvgIpc) is 3.89. The first-order valence-electron chi connectivity index (χ1n) is 16.8. The summed E-state index contributed by atoms with van der Waals surface area (Å²) in [6.45, 7) is -0.221. The van der Waals surface area contributed by atoms with E-state index in [-0.39, 0.29) is 58.1 Å². The lowest BCUT2D eigenvalue weighted by atomic mass is 9.68. The summed E-state index contributed by atoms with van der Waals surface area (Å²) in [4.78, 5) is 59.0. The first kappa shape index (κ1) is 31.9. The molecule has 2 saturated carbocycles. The number of imide groups is 1. The van der Waals surface area contributed by atoms with Crippen molar-refractivity contribution >= 4 is 63.0 Å². The molecule has 4 aromatic carbocycles. The highest BCUT2D eigenvalue weighted by Crippen LogP contribution is 2.68. The number of carbonyl (C=O) groups is 3. The van der Waals surface area contributed by atoms with Crippen LogP contribution in [-0.2, 0) is 14.4 Å². The van der Waals surface area contributed by atoms with Gasteiger partial charge in [-0.15, -0.1) is 11.8 Å². The summed E-state index contributed by atoms with van der Waals surface area (Å²) in [6.07, 6.45) is 0.783. The van der Waals surface area contributed by atoms with Gasteiger partial charge in [0.25, 0.3) is 5.91 Å². The number of nitrogens with one attached hydrogen (secondary N) is 2. The van der Waals surface area contributed by atoms with E-state index >= 15 is 0 Å². The van der Waals surface area contributed by atoms with Crippen molar-refractivity contribution in [2.45, 2.75) is 22.6 Å². The second-order valence-corrected chi connectivity index (χ2v) is 15.6. The van der Waals surface area contributed by atoms with Gasteiger partial charge in [0.15, 0.2) is 18.1 Å². The fourth-order valence-corrected chi connectivity index (χ4v) is 11.9. The van der Waals surface area contributed by atoms with Gasteiger partial charge in [-0.25, -0.2) is 0 Å². The molecule has 258 valence electrons. The molecule has 4 unspecified atom stereocenters. The van der Waals surface area contributed by atoms with Gasteiger partial charge in [0.2, 0.25) is 11.8 Å². The van der Waals surface area contributed by atoms with E-state index in [0.29, 0.717) is 28.6 Å². The summed E-state index contributed by atoms with van der Waals surface area (Å²) in [5.74, 6) is -0.0875. The van der Waals surface area contributed by atoms with Crippen molar-refractivity contribution in [2.75, 3.05) is 31.0 Å². The third kappa shape index (κ3) is 5.06. The minimum atomic E-state index is -0.420. The largest absolute Gasteiger partial charge is 0.497 e. The number of hydrogen-bond acceptors (Lipinski definition) is 9. The van der Waals surface area contributed by atoms with Gasteiger partial charge in [0, 0.05) is 27.1 Å². The molecule has 9 rings (SSSR count). The number of ether oxygens (including phenoxy) is 3. The number of thioether (sulfide) groups is 1. The molecule has 3 amide bonds. The maximum absolute atomic E-state index is 14.1. The Hall–Kier alpha value is -5.07. The van der Waals surface area contributed by atoms with Crippen LogP contribution < -0.4 is 29.3 Å². The van der Waals surface area contributed by atoms with E-state index in [0.717, 1.165) is 32.7 Å². The summed E-state index contributed by atoms with van der Waals surface area (Å²) < 4.78 is 17.1. The van der Waals surface area contributed by atoms with Crippen LogP contribution in [0.5, 0.6) is 17.2 Å². The molecule has 4 aliphatic rings. The molecule has 3 fully saturated rings. The van der Waals surface area contributed by atoms with Gasteiger partial charge in [-0.3, -0.25) is 24.1 Å². The third-order valence-corrected chi connectivity index (χ3v) is 13.6. The Morgan fingerprint density at radius 1 is 0.882 bits per heavy atom. The van der Waals surface area contributed by atoms with Crippen molar-refractivity contribution in [1.29, 1.82) is 0 Å². The minimum absolute atomic E-state index is 0.00139. The normalized spacial score (nSPS) is 25.8. The van der Waals surface area contributed by atoms with Crippen molar-refractivity contribution in [3.63, 3.8) is 0 Å². The van der Waals surface area contributed by atoms with E-state index in [9.17, 15) is 19.2 Å². The molecule has 3 heterocycles. The zero-order valence-corrected chi connectivity index (χ0v) is 29.3. The van der Waals surface area contributed by atoms with Gasteiger partial charge >= 0.3 is 4.87 Å². The molecule has 1 saturated heterocycles. The number of anilines is 2. The van der Waals surface area contributed by atoms with Gasteiger partial charge in [-0.1, -0.05) is 53.8 Å². The monoisotopic (exact) mass is 719 g/mol. The molecule has 2 bridgehead atoms. The predicted molar refractivity (Wildman–Crippen MR) is 195 cm³/mol. The van der Waals surface area contributed by atoms with Crippen LogP contribution in [0.3, 0.4) is 0 Å². The molecule has 10 nitrogen and oxygen atoms in total. The number of carbonyl (C=O) groups excluding carboxylic acids is 3. The maximum Gasteiger partial charge on any atom is 0.305 e. The number of hydrogen-bond donors (Lipinski definition) is 2. The van der Waals surface area contributed by atoms with Crippen molar-refractivity contribution < 1.29 is 28.6 Å². The standard InChI is InChI=1S/C39H33N3O7S2/c1-47-22-13-11-21(12-14-22)42-37(44)32-24-17-25(33(32)38(42)45)34-31(24)30(35-36(50-34)41-39(46)51-35)20-10-15-27(28(16-20)48-2)49-18-29(43)40-26-9-5-7-19-6-3-4-8-23(19)26/h3-16,24-25,30-34H,17-18H2,1-2H3,(H,40,43)(H,41,46)/t24-,25-,30-,31?,32?,33?,34?/m1/s1. The van der Waals surface area contributed by atoms with E-state index in [1.807, 2.05) is 54.6 Å². The lowest BCUT2D eigenvalue weighted by molar-refractivity contribution is -0.123. The highest BCUT2D eigenvalue weighted by atomic mass is 32.2. The van der Waals surface area contributed by atoms with Gasteiger partial charge in [-0.05, 0) is 77.6 Å². The molecule has 0 spiro atoms. The Balaban J connectivity index is 0.996. The number of aromatic nitrogens is 1. The second-order valence-electron chi connectivity index (χ2n) is 13.4. The fourth-order valence-electron chi connectivity index (χ4n) is 9.04. The maximum atomic E-state index is 14.1. The molecule has 7 atom stereocenters. The zero-order chi connectivity index (χ0) is 35.0. The van der Waals surface area contributed by atoms with E-state index in [1.165, 1.54) is 16.2 Å². The number of H-pyrrole nitrogens is 1. The van der Waals surface area contributed by atoms with E-state index < -0.39 is 11.8 Å².